The Kier molecular flexibility index (Phi) is 5.42. The number of non-ortho nitro benzene ring substituents is 1. The average Bonchev–Trinajstić information content (AvgIpc) is 3.44. The van der Waals surface area contributed by atoms with Gasteiger partial charge < -0.3 is 14.7 Å². The van der Waals surface area contributed by atoms with Crippen molar-refractivity contribution < 1.29 is 14.2 Å². The maximum atomic E-state index is 13.0. The van der Waals surface area contributed by atoms with E-state index in [1.807, 2.05) is 30.0 Å². The maximum Gasteiger partial charge on any atom is 0.270 e. The van der Waals surface area contributed by atoms with Gasteiger partial charge in [-0.25, -0.2) is 0 Å². The van der Waals surface area contributed by atoms with Crippen molar-refractivity contribution in [1.29, 1.82) is 0 Å². The minimum atomic E-state index is -0.470. The van der Waals surface area contributed by atoms with Crippen LogP contribution in [0.4, 0.5) is 11.4 Å². The molecular formula is C21H21N5O4. The van der Waals surface area contributed by atoms with Crippen LogP contribution in [0, 0.1) is 17.0 Å². The predicted molar refractivity (Wildman–Crippen MR) is 110 cm³/mol. The highest BCUT2D eigenvalue weighted by Gasteiger charge is 2.23. The topological polar surface area (TPSA) is 114 Å². The number of aryl methyl sites for hydroxylation is 1. The van der Waals surface area contributed by atoms with Crippen LogP contribution in [0.5, 0.6) is 0 Å². The molecule has 0 saturated carbocycles. The van der Waals surface area contributed by atoms with Crippen molar-refractivity contribution >= 4 is 17.3 Å². The van der Waals surface area contributed by atoms with Crippen molar-refractivity contribution in [3.8, 4) is 11.4 Å². The Morgan fingerprint density at radius 1 is 1.23 bits per heavy atom. The van der Waals surface area contributed by atoms with Crippen LogP contribution in [0.2, 0.25) is 0 Å². The largest absolute Gasteiger partial charge is 0.375 e. The van der Waals surface area contributed by atoms with Crippen LogP contribution >= 0.6 is 0 Å². The van der Waals surface area contributed by atoms with E-state index >= 15 is 0 Å². The lowest BCUT2D eigenvalue weighted by atomic mass is 10.0. The van der Waals surface area contributed by atoms with Crippen LogP contribution in [0.1, 0.15) is 34.7 Å². The number of rotatable bonds is 6. The Labute approximate surface area is 172 Å². The molecule has 0 spiro atoms. The van der Waals surface area contributed by atoms with Gasteiger partial charge in [-0.15, -0.1) is 0 Å². The second-order valence-corrected chi connectivity index (χ2v) is 7.17. The summed E-state index contributed by atoms with van der Waals surface area (Å²) in [6, 6.07) is 11.7. The first-order valence-corrected chi connectivity index (χ1v) is 9.73. The predicted octanol–water partition coefficient (Wildman–Crippen LogP) is 3.80. The fraction of sp³-hybridized carbons (Fsp3) is 0.286. The summed E-state index contributed by atoms with van der Waals surface area (Å²) in [4.78, 5) is 29.6. The molecule has 154 valence electrons. The Morgan fingerprint density at radius 3 is 2.77 bits per heavy atom. The fourth-order valence-electron chi connectivity index (χ4n) is 3.55. The normalized spacial score (nSPS) is 13.4. The number of likely N-dealkylation sites (tertiary alicyclic amines) is 1. The SMILES string of the molecule is Cc1cccc(NCc2nc(-c3cccc([N+](=O)[O-])c3)no2)c1C(=O)N1CCCC1. The minimum absolute atomic E-state index is 0.0240. The number of hydrogen-bond donors (Lipinski definition) is 1. The van der Waals surface area contributed by atoms with Gasteiger partial charge >= 0.3 is 0 Å². The average molecular weight is 407 g/mol. The number of benzene rings is 2. The van der Waals surface area contributed by atoms with E-state index in [1.54, 1.807) is 12.1 Å². The third-order valence-electron chi connectivity index (χ3n) is 5.09. The van der Waals surface area contributed by atoms with E-state index in [1.165, 1.54) is 12.1 Å². The number of nitro groups is 1. The summed E-state index contributed by atoms with van der Waals surface area (Å²) >= 11 is 0. The van der Waals surface area contributed by atoms with E-state index in [-0.39, 0.29) is 24.0 Å². The van der Waals surface area contributed by atoms with Crippen LogP contribution in [-0.4, -0.2) is 39.0 Å². The van der Waals surface area contributed by atoms with Crippen LogP contribution in [0.3, 0.4) is 0 Å². The lowest BCUT2D eigenvalue weighted by Crippen LogP contribution is -2.29. The summed E-state index contributed by atoms with van der Waals surface area (Å²) in [5.41, 5.74) is 2.72. The number of nitro benzene ring substituents is 1. The van der Waals surface area contributed by atoms with E-state index in [4.69, 9.17) is 4.52 Å². The first-order chi connectivity index (χ1) is 14.5. The molecule has 4 rings (SSSR count). The molecule has 1 N–H and O–H groups in total. The van der Waals surface area contributed by atoms with Gasteiger partial charge in [-0.05, 0) is 31.4 Å². The standard InChI is InChI=1S/C21H21N5O4/c1-14-6-4-9-17(19(14)21(27)25-10-2-3-11-25)22-13-18-23-20(24-30-18)15-7-5-8-16(12-15)26(28)29/h4-9,12,22H,2-3,10-11,13H2,1H3. The molecule has 1 aliphatic heterocycles. The summed E-state index contributed by atoms with van der Waals surface area (Å²) < 4.78 is 5.28. The molecule has 2 heterocycles. The molecule has 9 nitrogen and oxygen atoms in total. The molecule has 0 atom stereocenters. The third-order valence-corrected chi connectivity index (χ3v) is 5.09. The fourth-order valence-corrected chi connectivity index (χ4v) is 3.55. The van der Waals surface area contributed by atoms with E-state index in [0.29, 0.717) is 22.7 Å². The molecule has 0 unspecified atom stereocenters. The molecule has 1 saturated heterocycles. The van der Waals surface area contributed by atoms with E-state index in [9.17, 15) is 14.9 Å². The molecule has 1 aromatic heterocycles. The summed E-state index contributed by atoms with van der Waals surface area (Å²) in [5, 5.41) is 18.1. The van der Waals surface area contributed by atoms with Gasteiger partial charge in [0.05, 0.1) is 17.0 Å². The molecule has 1 amide bonds. The molecule has 0 radical (unpaired) electrons. The van der Waals surface area contributed by atoms with Crippen molar-refractivity contribution in [2.75, 3.05) is 18.4 Å². The molecule has 9 heteroatoms. The number of carbonyl (C=O) groups excluding carboxylic acids is 1. The third kappa shape index (κ3) is 4.00. The van der Waals surface area contributed by atoms with Crippen molar-refractivity contribution in [1.82, 2.24) is 15.0 Å². The Balaban J connectivity index is 1.51. The monoisotopic (exact) mass is 407 g/mol. The summed E-state index contributed by atoms with van der Waals surface area (Å²) in [6.45, 7) is 3.71. The molecule has 3 aromatic rings. The number of amides is 1. The van der Waals surface area contributed by atoms with Gasteiger partial charge in [0.15, 0.2) is 0 Å². The molecule has 0 bridgehead atoms. The summed E-state index contributed by atoms with van der Waals surface area (Å²) in [7, 11) is 0. The smallest absolute Gasteiger partial charge is 0.270 e. The lowest BCUT2D eigenvalue weighted by Gasteiger charge is -2.19. The molecule has 30 heavy (non-hydrogen) atoms. The number of anilines is 1. The van der Waals surface area contributed by atoms with Crippen molar-refractivity contribution in [2.45, 2.75) is 26.3 Å². The number of aromatic nitrogens is 2. The number of hydrogen-bond acceptors (Lipinski definition) is 7. The van der Waals surface area contributed by atoms with Crippen LogP contribution in [-0.2, 0) is 6.54 Å². The summed E-state index contributed by atoms with van der Waals surface area (Å²) in [5.74, 6) is 0.613. The van der Waals surface area contributed by atoms with Crippen molar-refractivity contribution in [3.05, 3.63) is 69.6 Å². The van der Waals surface area contributed by atoms with E-state index in [0.717, 1.165) is 31.5 Å². The van der Waals surface area contributed by atoms with E-state index < -0.39 is 4.92 Å². The summed E-state index contributed by atoms with van der Waals surface area (Å²) in [6.07, 6.45) is 2.06. The number of nitrogens with zero attached hydrogens (tertiary/aromatic N) is 4. The zero-order valence-corrected chi connectivity index (χ0v) is 16.5. The van der Waals surface area contributed by atoms with Gasteiger partial charge in [0, 0.05) is 36.5 Å². The van der Waals surface area contributed by atoms with Gasteiger partial charge in [0.25, 0.3) is 11.6 Å². The second-order valence-electron chi connectivity index (χ2n) is 7.17. The molecule has 1 fully saturated rings. The van der Waals surface area contributed by atoms with Crippen LogP contribution in [0.25, 0.3) is 11.4 Å². The number of nitrogens with one attached hydrogen (secondary N) is 1. The van der Waals surface area contributed by atoms with Gasteiger partial charge in [-0.3, -0.25) is 14.9 Å². The van der Waals surface area contributed by atoms with Gasteiger partial charge in [-0.1, -0.05) is 29.4 Å². The van der Waals surface area contributed by atoms with Crippen molar-refractivity contribution in [3.63, 3.8) is 0 Å². The second kappa shape index (κ2) is 8.32. The number of carbonyl (C=O) groups is 1. The van der Waals surface area contributed by atoms with Crippen LogP contribution in [0.15, 0.2) is 47.0 Å². The van der Waals surface area contributed by atoms with Crippen molar-refractivity contribution in [2.24, 2.45) is 0 Å². The van der Waals surface area contributed by atoms with Gasteiger partial charge in [0.1, 0.15) is 0 Å². The highest BCUT2D eigenvalue weighted by atomic mass is 16.6. The van der Waals surface area contributed by atoms with E-state index in [2.05, 4.69) is 15.5 Å². The highest BCUT2D eigenvalue weighted by Crippen LogP contribution is 2.25. The first kappa shape index (κ1) is 19.6. The Bertz CT molecular complexity index is 1090. The Morgan fingerprint density at radius 2 is 2.00 bits per heavy atom. The molecule has 1 aliphatic rings. The zero-order valence-electron chi connectivity index (χ0n) is 16.5. The molecule has 2 aromatic carbocycles. The Hall–Kier alpha value is -3.75. The van der Waals surface area contributed by atoms with Gasteiger partial charge in [0.2, 0.25) is 11.7 Å². The molecule has 0 aliphatic carbocycles. The maximum absolute atomic E-state index is 13.0. The highest BCUT2D eigenvalue weighted by molar-refractivity contribution is 6.01. The zero-order chi connectivity index (χ0) is 21.1. The minimum Gasteiger partial charge on any atom is -0.375 e. The lowest BCUT2D eigenvalue weighted by molar-refractivity contribution is -0.384. The quantitative estimate of drug-likeness (QED) is 0.488. The molecular weight excluding hydrogens is 386 g/mol. The van der Waals surface area contributed by atoms with Crippen LogP contribution < -0.4 is 5.32 Å². The van der Waals surface area contributed by atoms with Gasteiger partial charge in [-0.2, -0.15) is 4.98 Å². The first-order valence-electron chi connectivity index (χ1n) is 9.73.